The number of ether oxygens (including phenoxy) is 1. The Morgan fingerprint density at radius 3 is 2.63 bits per heavy atom. The summed E-state index contributed by atoms with van der Waals surface area (Å²) in [6.07, 6.45) is 1.64. The van der Waals surface area contributed by atoms with Gasteiger partial charge in [-0.3, -0.25) is 14.6 Å². The van der Waals surface area contributed by atoms with Crippen molar-refractivity contribution in [2.45, 2.75) is 19.9 Å². The highest BCUT2D eigenvalue weighted by molar-refractivity contribution is 7.08. The first-order valence-corrected chi connectivity index (χ1v) is 11.0. The van der Waals surface area contributed by atoms with E-state index in [2.05, 4.69) is 16.8 Å². The molecule has 0 radical (unpaired) electrons. The van der Waals surface area contributed by atoms with Crippen molar-refractivity contribution in [2.75, 3.05) is 45.9 Å². The van der Waals surface area contributed by atoms with Gasteiger partial charge in [0.05, 0.1) is 18.2 Å². The van der Waals surface area contributed by atoms with Gasteiger partial charge in [-0.15, -0.1) is 6.58 Å². The molecule has 0 saturated carbocycles. The van der Waals surface area contributed by atoms with E-state index in [1.165, 1.54) is 11.3 Å². The molecule has 2 aliphatic rings. The number of thiophene rings is 1. The zero-order valence-corrected chi connectivity index (χ0v) is 18.2. The molecule has 0 bridgehead atoms. The molecule has 1 N–H and O–H groups in total. The van der Waals surface area contributed by atoms with Crippen LogP contribution in [0.4, 0.5) is 4.79 Å². The third-order valence-corrected chi connectivity index (χ3v) is 6.01. The lowest BCUT2D eigenvalue weighted by molar-refractivity contribution is -0.139. The predicted molar refractivity (Wildman–Crippen MR) is 115 cm³/mol. The monoisotopic (exact) mass is 432 g/mol. The number of esters is 1. The molecule has 1 atom stereocenters. The Bertz CT molecular complexity index is 828. The molecule has 1 aromatic heterocycles. The van der Waals surface area contributed by atoms with Crippen molar-refractivity contribution in [3.63, 3.8) is 0 Å². The second-order valence-corrected chi connectivity index (χ2v) is 7.98. The Morgan fingerprint density at radius 2 is 2.07 bits per heavy atom. The Kier molecular flexibility index (Phi) is 7.28. The van der Waals surface area contributed by atoms with Gasteiger partial charge in [0.15, 0.2) is 0 Å². The summed E-state index contributed by atoms with van der Waals surface area (Å²) in [6.45, 7) is 10.6. The molecule has 162 valence electrons. The van der Waals surface area contributed by atoms with Gasteiger partial charge in [-0.25, -0.2) is 9.59 Å². The van der Waals surface area contributed by atoms with Crippen LogP contribution in [0.1, 0.15) is 25.5 Å². The van der Waals surface area contributed by atoms with E-state index in [-0.39, 0.29) is 25.1 Å². The summed E-state index contributed by atoms with van der Waals surface area (Å²) in [7, 11) is 0. The number of carbonyl (C=O) groups excluding carboxylic acids is 3. The molecule has 3 amide bonds. The van der Waals surface area contributed by atoms with Crippen LogP contribution in [0.15, 0.2) is 40.8 Å². The van der Waals surface area contributed by atoms with Crippen LogP contribution in [0.25, 0.3) is 0 Å². The SMILES string of the molecule is C=CCN1C(=O)NC(c2ccsc2)C(C(=O)OCC)=C1CN1CCN(C(C)=O)CC1. The zero-order chi connectivity index (χ0) is 21.7. The largest absolute Gasteiger partial charge is 0.463 e. The predicted octanol–water partition coefficient (Wildman–Crippen LogP) is 1.98. The molecule has 3 rings (SSSR count). The van der Waals surface area contributed by atoms with Gasteiger partial charge >= 0.3 is 12.0 Å². The maximum atomic E-state index is 13.0. The Labute approximate surface area is 180 Å². The van der Waals surface area contributed by atoms with Gasteiger partial charge in [0.25, 0.3) is 0 Å². The lowest BCUT2D eigenvalue weighted by atomic mass is 9.96. The van der Waals surface area contributed by atoms with Gasteiger partial charge in [0, 0.05) is 51.9 Å². The van der Waals surface area contributed by atoms with Crippen molar-refractivity contribution < 1.29 is 19.1 Å². The second kappa shape index (κ2) is 9.90. The summed E-state index contributed by atoms with van der Waals surface area (Å²) in [4.78, 5) is 43.1. The van der Waals surface area contributed by atoms with E-state index >= 15 is 0 Å². The van der Waals surface area contributed by atoms with Gasteiger partial charge in [-0.1, -0.05) is 6.08 Å². The van der Waals surface area contributed by atoms with Gasteiger partial charge in [-0.2, -0.15) is 11.3 Å². The summed E-state index contributed by atoms with van der Waals surface area (Å²) in [5, 5.41) is 6.79. The van der Waals surface area contributed by atoms with Crippen LogP contribution in [-0.4, -0.2) is 78.5 Å². The van der Waals surface area contributed by atoms with Crippen molar-refractivity contribution >= 4 is 29.2 Å². The van der Waals surface area contributed by atoms with E-state index < -0.39 is 12.0 Å². The van der Waals surface area contributed by atoms with Crippen LogP contribution in [0, 0.1) is 0 Å². The van der Waals surface area contributed by atoms with E-state index in [4.69, 9.17) is 4.74 Å². The van der Waals surface area contributed by atoms with Crippen LogP contribution in [0.2, 0.25) is 0 Å². The number of hydrogen-bond donors (Lipinski definition) is 1. The van der Waals surface area contributed by atoms with Crippen LogP contribution in [0.5, 0.6) is 0 Å². The van der Waals surface area contributed by atoms with E-state index in [1.807, 2.05) is 16.8 Å². The Balaban J connectivity index is 1.98. The van der Waals surface area contributed by atoms with Crippen LogP contribution < -0.4 is 5.32 Å². The third kappa shape index (κ3) is 4.73. The van der Waals surface area contributed by atoms with Gasteiger partial charge in [0.2, 0.25) is 5.91 Å². The molecule has 1 fully saturated rings. The average Bonchev–Trinajstić information content (AvgIpc) is 3.25. The highest BCUT2D eigenvalue weighted by Gasteiger charge is 2.38. The number of nitrogens with zero attached hydrogens (tertiary/aromatic N) is 3. The maximum Gasteiger partial charge on any atom is 0.338 e. The quantitative estimate of drug-likeness (QED) is 0.526. The van der Waals surface area contributed by atoms with Gasteiger partial charge in [-0.05, 0) is 29.3 Å². The van der Waals surface area contributed by atoms with Crippen molar-refractivity contribution in [2.24, 2.45) is 0 Å². The molecule has 8 nitrogen and oxygen atoms in total. The number of rotatable bonds is 7. The second-order valence-electron chi connectivity index (χ2n) is 7.20. The van der Waals surface area contributed by atoms with E-state index in [0.29, 0.717) is 44.0 Å². The van der Waals surface area contributed by atoms with Gasteiger partial charge < -0.3 is 15.0 Å². The molecule has 1 unspecified atom stereocenters. The lowest BCUT2D eigenvalue weighted by Gasteiger charge is -2.40. The van der Waals surface area contributed by atoms with Crippen molar-refractivity contribution in [3.8, 4) is 0 Å². The molecule has 9 heteroatoms. The normalized spacial score (nSPS) is 20.2. The van der Waals surface area contributed by atoms with Crippen molar-refractivity contribution in [1.82, 2.24) is 20.0 Å². The Morgan fingerprint density at radius 1 is 1.33 bits per heavy atom. The van der Waals surface area contributed by atoms with Crippen molar-refractivity contribution in [3.05, 3.63) is 46.3 Å². The van der Waals surface area contributed by atoms with E-state index in [1.54, 1.807) is 29.7 Å². The van der Waals surface area contributed by atoms with E-state index in [0.717, 1.165) is 5.56 Å². The number of piperazine rings is 1. The fourth-order valence-corrected chi connectivity index (χ4v) is 4.45. The molecular formula is C21H28N4O4S. The number of nitrogens with one attached hydrogen (secondary N) is 1. The molecule has 3 heterocycles. The molecular weight excluding hydrogens is 404 g/mol. The fraction of sp³-hybridized carbons (Fsp3) is 0.476. The summed E-state index contributed by atoms with van der Waals surface area (Å²) >= 11 is 1.51. The zero-order valence-electron chi connectivity index (χ0n) is 17.4. The highest BCUT2D eigenvalue weighted by Crippen LogP contribution is 2.33. The summed E-state index contributed by atoms with van der Waals surface area (Å²) < 4.78 is 5.37. The summed E-state index contributed by atoms with van der Waals surface area (Å²) in [5.74, 6) is -0.371. The van der Waals surface area contributed by atoms with Crippen LogP contribution in [-0.2, 0) is 14.3 Å². The maximum absolute atomic E-state index is 13.0. The first-order chi connectivity index (χ1) is 14.5. The minimum absolute atomic E-state index is 0.0592. The summed E-state index contributed by atoms with van der Waals surface area (Å²) in [6, 6.07) is 1.08. The number of hydrogen-bond acceptors (Lipinski definition) is 6. The van der Waals surface area contributed by atoms with Crippen LogP contribution in [0.3, 0.4) is 0 Å². The first kappa shape index (κ1) is 22.0. The lowest BCUT2D eigenvalue weighted by Crippen LogP contribution is -2.53. The molecule has 2 aliphatic heterocycles. The molecule has 1 saturated heterocycles. The minimum Gasteiger partial charge on any atom is -0.463 e. The fourth-order valence-electron chi connectivity index (χ4n) is 3.77. The topological polar surface area (TPSA) is 82.2 Å². The molecule has 0 aliphatic carbocycles. The Hall–Kier alpha value is -2.65. The number of urea groups is 1. The molecule has 1 aromatic rings. The van der Waals surface area contributed by atoms with E-state index in [9.17, 15) is 14.4 Å². The molecule has 0 spiro atoms. The van der Waals surface area contributed by atoms with Crippen molar-refractivity contribution in [1.29, 1.82) is 0 Å². The summed E-state index contributed by atoms with van der Waals surface area (Å²) in [5.41, 5.74) is 1.93. The molecule has 30 heavy (non-hydrogen) atoms. The third-order valence-electron chi connectivity index (χ3n) is 5.31. The smallest absolute Gasteiger partial charge is 0.338 e. The standard InChI is InChI=1S/C21H28N4O4S/c1-4-7-25-17(13-23-8-10-24(11-9-23)15(3)26)18(20(27)29-5-2)19(22-21(25)28)16-6-12-30-14-16/h4,6,12,14,19H,1,5,7-11,13H2,2-3H3,(H,22,28). The van der Waals surface area contributed by atoms with Gasteiger partial charge in [0.1, 0.15) is 0 Å². The highest BCUT2D eigenvalue weighted by atomic mass is 32.1. The minimum atomic E-state index is -0.558. The first-order valence-electron chi connectivity index (χ1n) is 10.0. The average molecular weight is 433 g/mol. The number of amides is 3. The molecule has 0 aromatic carbocycles. The van der Waals surface area contributed by atoms with Crippen LogP contribution >= 0.6 is 11.3 Å². The number of carbonyl (C=O) groups is 3.